The van der Waals surface area contributed by atoms with Gasteiger partial charge in [-0.05, 0) is 73.1 Å². The van der Waals surface area contributed by atoms with E-state index in [2.05, 4.69) is 12.1 Å². The first-order valence-electron chi connectivity index (χ1n) is 10.2. The number of benzene rings is 2. The maximum Gasteiger partial charge on any atom is 0.330 e. The number of carbonyl (C=O) groups excluding carboxylic acids is 1. The quantitative estimate of drug-likeness (QED) is 0.335. The summed E-state index contributed by atoms with van der Waals surface area (Å²) in [5.74, 6) is -0.239. The molecule has 0 bridgehead atoms. The van der Waals surface area contributed by atoms with Crippen molar-refractivity contribution in [2.45, 2.75) is 45.4 Å². The summed E-state index contributed by atoms with van der Waals surface area (Å²) in [7, 11) is 0. The van der Waals surface area contributed by atoms with Crippen molar-refractivity contribution in [3.8, 4) is 5.75 Å². The Bertz CT molecular complexity index is 900. The Balaban J connectivity index is 1.97. The van der Waals surface area contributed by atoms with Gasteiger partial charge in [0.25, 0.3) is 0 Å². The summed E-state index contributed by atoms with van der Waals surface area (Å²) < 4.78 is 4.93. The number of ether oxygens (including phenoxy) is 1. The molecule has 1 saturated carbocycles. The van der Waals surface area contributed by atoms with Gasteiger partial charge in [0.15, 0.2) is 0 Å². The number of rotatable bonds is 5. The van der Waals surface area contributed by atoms with Gasteiger partial charge in [0.1, 0.15) is 5.75 Å². The number of aromatic hydroxyl groups is 1. The summed E-state index contributed by atoms with van der Waals surface area (Å²) in [6.45, 7) is 2.16. The van der Waals surface area contributed by atoms with Crippen LogP contribution in [0.3, 0.4) is 0 Å². The van der Waals surface area contributed by atoms with Gasteiger partial charge in [-0.2, -0.15) is 0 Å². The van der Waals surface area contributed by atoms with Crippen molar-refractivity contribution in [1.82, 2.24) is 0 Å². The average molecular weight is 411 g/mol. The standard InChI is InChI=1S/C25H27ClO3/c1-2-29-24(28)16-11-18-9-12-20(13-10-18)25(19-7-5-3-4-6-8-19)21-14-15-23(27)22(26)17-21/h9-17,27H,2-8H2,1H3. The second-order valence-electron chi connectivity index (χ2n) is 7.27. The van der Waals surface area contributed by atoms with Crippen LogP contribution >= 0.6 is 11.6 Å². The van der Waals surface area contributed by atoms with Gasteiger partial charge in [-0.1, -0.05) is 60.3 Å². The fourth-order valence-electron chi connectivity index (χ4n) is 3.76. The Morgan fingerprint density at radius 1 is 1.03 bits per heavy atom. The van der Waals surface area contributed by atoms with E-state index in [1.165, 1.54) is 42.9 Å². The fourth-order valence-corrected chi connectivity index (χ4v) is 3.94. The van der Waals surface area contributed by atoms with Crippen LogP contribution in [0.15, 0.2) is 54.1 Å². The van der Waals surface area contributed by atoms with Crippen molar-refractivity contribution in [2.24, 2.45) is 0 Å². The van der Waals surface area contributed by atoms with E-state index in [1.54, 1.807) is 19.1 Å². The minimum atomic E-state index is -0.337. The highest BCUT2D eigenvalue weighted by Crippen LogP contribution is 2.37. The molecule has 1 aliphatic carbocycles. The van der Waals surface area contributed by atoms with Crippen molar-refractivity contribution in [3.05, 3.63) is 75.8 Å². The van der Waals surface area contributed by atoms with Gasteiger partial charge in [0, 0.05) is 6.08 Å². The third-order valence-electron chi connectivity index (χ3n) is 5.19. The number of halogens is 1. The highest BCUT2D eigenvalue weighted by atomic mass is 35.5. The molecule has 0 radical (unpaired) electrons. The molecule has 0 spiro atoms. The lowest BCUT2D eigenvalue weighted by Gasteiger charge is -2.16. The molecule has 3 nitrogen and oxygen atoms in total. The number of hydrogen-bond donors (Lipinski definition) is 1. The number of carbonyl (C=O) groups is 1. The second kappa shape index (κ2) is 10.3. The molecule has 0 aromatic heterocycles. The molecule has 0 atom stereocenters. The molecule has 0 saturated heterocycles. The van der Waals surface area contributed by atoms with Crippen LogP contribution in [0.4, 0.5) is 0 Å². The molecule has 152 valence electrons. The van der Waals surface area contributed by atoms with Crippen LogP contribution in [-0.4, -0.2) is 17.7 Å². The lowest BCUT2D eigenvalue weighted by Crippen LogP contribution is -1.98. The summed E-state index contributed by atoms with van der Waals surface area (Å²) >= 11 is 6.21. The molecule has 3 rings (SSSR count). The molecule has 0 unspecified atom stereocenters. The van der Waals surface area contributed by atoms with Crippen LogP contribution in [0.2, 0.25) is 5.02 Å². The first-order valence-corrected chi connectivity index (χ1v) is 10.6. The van der Waals surface area contributed by atoms with Crippen LogP contribution < -0.4 is 0 Å². The highest BCUT2D eigenvalue weighted by molar-refractivity contribution is 6.32. The van der Waals surface area contributed by atoms with E-state index in [4.69, 9.17) is 16.3 Å². The van der Waals surface area contributed by atoms with Gasteiger partial charge in [0.05, 0.1) is 11.6 Å². The van der Waals surface area contributed by atoms with Gasteiger partial charge in [-0.25, -0.2) is 4.79 Å². The Morgan fingerprint density at radius 2 is 1.69 bits per heavy atom. The van der Waals surface area contributed by atoms with E-state index in [9.17, 15) is 9.90 Å². The van der Waals surface area contributed by atoms with Crippen LogP contribution in [0, 0.1) is 0 Å². The SMILES string of the molecule is CCOC(=O)C=Cc1ccc(C(=C2CCCCCC2)c2ccc(O)c(Cl)c2)cc1. The Labute approximate surface area is 177 Å². The largest absolute Gasteiger partial charge is 0.506 e. The Hall–Kier alpha value is -2.52. The maximum atomic E-state index is 11.5. The van der Waals surface area contributed by atoms with E-state index < -0.39 is 0 Å². The van der Waals surface area contributed by atoms with E-state index >= 15 is 0 Å². The molecule has 0 heterocycles. The minimum Gasteiger partial charge on any atom is -0.506 e. The number of hydrogen-bond acceptors (Lipinski definition) is 3. The first-order chi connectivity index (χ1) is 14.1. The van der Waals surface area contributed by atoms with Crippen molar-refractivity contribution in [2.75, 3.05) is 6.61 Å². The molecular formula is C25H27ClO3. The van der Waals surface area contributed by atoms with Crippen LogP contribution in [0.5, 0.6) is 5.75 Å². The number of esters is 1. The highest BCUT2D eigenvalue weighted by Gasteiger charge is 2.15. The molecule has 0 amide bonds. The summed E-state index contributed by atoms with van der Waals surface area (Å²) in [5, 5.41) is 10.2. The summed E-state index contributed by atoms with van der Waals surface area (Å²) in [6.07, 6.45) is 10.3. The molecule has 0 aliphatic heterocycles. The minimum absolute atomic E-state index is 0.0973. The third kappa shape index (κ3) is 5.74. The fraction of sp³-hybridized carbons (Fsp3) is 0.320. The van der Waals surface area contributed by atoms with Gasteiger partial charge in [-0.15, -0.1) is 0 Å². The molecule has 4 heteroatoms. The zero-order valence-electron chi connectivity index (χ0n) is 16.8. The first kappa shape index (κ1) is 21.2. The summed E-state index contributed by atoms with van der Waals surface area (Å²) in [4.78, 5) is 11.5. The molecule has 29 heavy (non-hydrogen) atoms. The average Bonchev–Trinajstić information content (AvgIpc) is 3.00. The van der Waals surface area contributed by atoms with E-state index in [0.29, 0.717) is 11.6 Å². The van der Waals surface area contributed by atoms with Gasteiger partial charge in [-0.3, -0.25) is 0 Å². The van der Waals surface area contributed by atoms with Crippen molar-refractivity contribution >= 4 is 29.2 Å². The normalized spacial score (nSPS) is 14.6. The zero-order chi connectivity index (χ0) is 20.6. The van der Waals surface area contributed by atoms with Crippen LogP contribution in [0.1, 0.15) is 62.1 Å². The second-order valence-corrected chi connectivity index (χ2v) is 7.67. The van der Waals surface area contributed by atoms with Gasteiger partial charge in [0.2, 0.25) is 0 Å². The van der Waals surface area contributed by atoms with Crippen molar-refractivity contribution < 1.29 is 14.6 Å². The van der Waals surface area contributed by atoms with Crippen molar-refractivity contribution in [1.29, 1.82) is 0 Å². The molecule has 1 fully saturated rings. The smallest absolute Gasteiger partial charge is 0.330 e. The molecule has 1 aliphatic rings. The van der Waals surface area contributed by atoms with E-state index in [0.717, 1.165) is 29.5 Å². The number of phenolic OH excluding ortho intramolecular Hbond substituents is 1. The number of phenols is 1. The lowest BCUT2D eigenvalue weighted by molar-refractivity contribution is -0.137. The monoisotopic (exact) mass is 410 g/mol. The zero-order valence-corrected chi connectivity index (χ0v) is 17.5. The van der Waals surface area contributed by atoms with E-state index in [-0.39, 0.29) is 11.7 Å². The maximum absolute atomic E-state index is 11.5. The van der Waals surface area contributed by atoms with Gasteiger partial charge >= 0.3 is 5.97 Å². The third-order valence-corrected chi connectivity index (χ3v) is 5.50. The predicted octanol–water partition coefficient (Wildman–Crippen LogP) is 6.78. The Kier molecular flexibility index (Phi) is 7.54. The summed E-state index contributed by atoms with van der Waals surface area (Å²) in [6, 6.07) is 13.6. The topological polar surface area (TPSA) is 46.5 Å². The predicted molar refractivity (Wildman–Crippen MR) is 119 cm³/mol. The molecule has 1 N–H and O–H groups in total. The Morgan fingerprint density at radius 3 is 2.31 bits per heavy atom. The van der Waals surface area contributed by atoms with E-state index in [1.807, 2.05) is 24.3 Å². The molecule has 2 aromatic rings. The van der Waals surface area contributed by atoms with Crippen LogP contribution in [0.25, 0.3) is 11.6 Å². The molecular weight excluding hydrogens is 384 g/mol. The summed E-state index contributed by atoms with van der Waals surface area (Å²) in [5.41, 5.74) is 5.74. The van der Waals surface area contributed by atoms with Crippen LogP contribution in [-0.2, 0) is 9.53 Å². The van der Waals surface area contributed by atoms with Crippen molar-refractivity contribution in [3.63, 3.8) is 0 Å². The lowest BCUT2D eigenvalue weighted by atomic mass is 9.89. The molecule has 2 aromatic carbocycles. The number of allylic oxidation sites excluding steroid dienone is 1. The van der Waals surface area contributed by atoms with Gasteiger partial charge < -0.3 is 9.84 Å².